The maximum atomic E-state index is 13.0. The molecule has 1 heterocycles. The molecule has 4 nitrogen and oxygen atoms in total. The average molecular weight is 429 g/mol. The number of fused-ring (bicyclic) bond motifs is 1. The second-order valence-corrected chi connectivity index (χ2v) is 9.21. The quantitative estimate of drug-likeness (QED) is 0.291. The molecule has 0 aliphatic rings. The number of Topliss-reactive ketones (excluding diaryl/α,β-unsaturated/α-hetero) is 1. The maximum Gasteiger partial charge on any atom is 0.262 e. The summed E-state index contributed by atoms with van der Waals surface area (Å²) in [5.74, 6) is 0.531. The van der Waals surface area contributed by atoms with Crippen molar-refractivity contribution >= 4 is 40.0 Å². The molecule has 152 valence electrons. The van der Waals surface area contributed by atoms with E-state index in [0.29, 0.717) is 27.6 Å². The lowest BCUT2D eigenvalue weighted by atomic mass is 9.99. The topological polar surface area (TPSA) is 52.0 Å². The molecule has 0 unspecified atom stereocenters. The number of aromatic nitrogens is 2. The van der Waals surface area contributed by atoms with Crippen molar-refractivity contribution in [2.45, 2.75) is 46.3 Å². The third kappa shape index (κ3) is 4.73. The number of thioether (sulfide) groups is 1. The van der Waals surface area contributed by atoms with Gasteiger partial charge in [0.15, 0.2) is 10.9 Å². The molecule has 0 radical (unpaired) electrons. The number of benzene rings is 2. The molecule has 0 saturated heterocycles. The summed E-state index contributed by atoms with van der Waals surface area (Å²) in [5.41, 5.74) is 4.42. The molecule has 0 spiro atoms. The normalized spacial score (nSPS) is 11.4. The lowest BCUT2D eigenvalue weighted by Gasteiger charge is -2.15. The zero-order valence-electron chi connectivity index (χ0n) is 17.4. The molecule has 0 fully saturated rings. The Hall–Kier alpha value is -2.11. The van der Waals surface area contributed by atoms with Crippen molar-refractivity contribution in [3.8, 4) is 0 Å². The Bertz CT molecular complexity index is 1150. The second kappa shape index (κ2) is 8.72. The zero-order chi connectivity index (χ0) is 21.3. The molecule has 29 heavy (non-hydrogen) atoms. The average Bonchev–Trinajstić information content (AvgIpc) is 2.64. The number of hydrogen-bond acceptors (Lipinski definition) is 4. The number of rotatable bonds is 6. The second-order valence-electron chi connectivity index (χ2n) is 7.83. The number of nitrogens with zero attached hydrogens (tertiary/aromatic N) is 2. The highest BCUT2D eigenvalue weighted by Crippen LogP contribution is 2.23. The number of carbonyl (C=O) groups is 1. The van der Waals surface area contributed by atoms with Gasteiger partial charge >= 0.3 is 0 Å². The summed E-state index contributed by atoms with van der Waals surface area (Å²) in [6.07, 6.45) is 0. The molecule has 2 aromatic carbocycles. The van der Waals surface area contributed by atoms with Crippen LogP contribution in [-0.2, 0) is 6.54 Å². The van der Waals surface area contributed by atoms with Crippen molar-refractivity contribution < 1.29 is 4.79 Å². The van der Waals surface area contributed by atoms with E-state index in [2.05, 4.69) is 18.8 Å². The van der Waals surface area contributed by atoms with Gasteiger partial charge in [-0.05, 0) is 67.6 Å². The Labute approximate surface area is 180 Å². The molecular formula is C23H25ClN2O2S. The van der Waals surface area contributed by atoms with Gasteiger partial charge in [0, 0.05) is 17.1 Å². The van der Waals surface area contributed by atoms with Crippen molar-refractivity contribution in [2.75, 3.05) is 5.75 Å². The molecule has 3 aromatic rings. The molecule has 0 saturated carbocycles. The number of halogens is 1. The molecule has 3 rings (SSSR count). The summed E-state index contributed by atoms with van der Waals surface area (Å²) in [4.78, 5) is 30.6. The van der Waals surface area contributed by atoms with Crippen LogP contribution in [0, 0.1) is 26.7 Å². The van der Waals surface area contributed by atoms with E-state index in [0.717, 1.165) is 16.7 Å². The molecule has 0 atom stereocenters. The fraction of sp³-hybridized carbons (Fsp3) is 0.348. The molecule has 0 bridgehead atoms. The Morgan fingerprint density at radius 1 is 1.10 bits per heavy atom. The monoisotopic (exact) mass is 428 g/mol. The van der Waals surface area contributed by atoms with Gasteiger partial charge in [-0.1, -0.05) is 43.3 Å². The van der Waals surface area contributed by atoms with Crippen molar-refractivity contribution in [1.29, 1.82) is 0 Å². The zero-order valence-corrected chi connectivity index (χ0v) is 18.9. The van der Waals surface area contributed by atoms with Crippen LogP contribution >= 0.6 is 23.4 Å². The smallest absolute Gasteiger partial charge is 0.262 e. The van der Waals surface area contributed by atoms with Crippen LogP contribution < -0.4 is 5.56 Å². The first-order valence-electron chi connectivity index (χ1n) is 9.61. The van der Waals surface area contributed by atoms with E-state index in [1.807, 2.05) is 32.9 Å². The van der Waals surface area contributed by atoms with Gasteiger partial charge in [-0.3, -0.25) is 14.2 Å². The first kappa shape index (κ1) is 21.6. The maximum absolute atomic E-state index is 13.0. The van der Waals surface area contributed by atoms with Gasteiger partial charge < -0.3 is 0 Å². The van der Waals surface area contributed by atoms with Crippen LogP contribution in [0.3, 0.4) is 0 Å². The van der Waals surface area contributed by atoms with Gasteiger partial charge in [-0.25, -0.2) is 4.98 Å². The predicted octanol–water partition coefficient (Wildman–Crippen LogP) is 5.61. The third-order valence-corrected chi connectivity index (χ3v) is 6.12. The standard InChI is InChI=1S/C23H25ClN2O2S/c1-13(2)11-26-22(28)18-7-6-17(24)10-20(18)25-23(26)29-12-21(27)19-9-15(4)14(3)8-16(19)5/h6-10,13H,11-12H2,1-5H3. The minimum atomic E-state index is -0.0994. The van der Waals surface area contributed by atoms with Crippen LogP contribution in [0.5, 0.6) is 0 Å². The van der Waals surface area contributed by atoms with Crippen molar-refractivity contribution in [3.05, 3.63) is 68.0 Å². The highest BCUT2D eigenvalue weighted by Gasteiger charge is 2.16. The molecule has 0 amide bonds. The van der Waals surface area contributed by atoms with Gasteiger partial charge in [0.1, 0.15) is 0 Å². The van der Waals surface area contributed by atoms with Crippen LogP contribution in [0.2, 0.25) is 5.02 Å². The lowest BCUT2D eigenvalue weighted by Crippen LogP contribution is -2.25. The predicted molar refractivity (Wildman–Crippen MR) is 122 cm³/mol. The van der Waals surface area contributed by atoms with Gasteiger partial charge in [0.25, 0.3) is 5.56 Å². The summed E-state index contributed by atoms with van der Waals surface area (Å²) >= 11 is 7.40. The molecule has 1 aromatic heterocycles. The Morgan fingerprint density at radius 3 is 2.48 bits per heavy atom. The highest BCUT2D eigenvalue weighted by molar-refractivity contribution is 7.99. The molecule has 0 aliphatic carbocycles. The molecular weight excluding hydrogens is 404 g/mol. The van der Waals surface area contributed by atoms with Crippen molar-refractivity contribution in [3.63, 3.8) is 0 Å². The van der Waals surface area contributed by atoms with Crippen molar-refractivity contribution in [2.24, 2.45) is 5.92 Å². The Kier molecular flexibility index (Phi) is 6.49. The minimum Gasteiger partial charge on any atom is -0.293 e. The number of hydrogen-bond donors (Lipinski definition) is 0. The minimum absolute atomic E-state index is 0.0344. The van der Waals surface area contributed by atoms with Crippen LogP contribution in [0.4, 0.5) is 0 Å². The third-order valence-electron chi connectivity index (χ3n) is 4.90. The van der Waals surface area contributed by atoms with E-state index >= 15 is 0 Å². The first-order chi connectivity index (χ1) is 13.7. The van der Waals surface area contributed by atoms with E-state index < -0.39 is 0 Å². The highest BCUT2D eigenvalue weighted by atomic mass is 35.5. The summed E-state index contributed by atoms with van der Waals surface area (Å²) in [5, 5.41) is 1.62. The van der Waals surface area contributed by atoms with Gasteiger partial charge in [-0.15, -0.1) is 0 Å². The van der Waals surface area contributed by atoms with E-state index in [-0.39, 0.29) is 23.0 Å². The van der Waals surface area contributed by atoms with Crippen LogP contribution in [0.15, 0.2) is 40.3 Å². The first-order valence-corrected chi connectivity index (χ1v) is 11.0. The fourth-order valence-electron chi connectivity index (χ4n) is 3.28. The lowest BCUT2D eigenvalue weighted by molar-refractivity contribution is 0.102. The van der Waals surface area contributed by atoms with Crippen LogP contribution in [0.25, 0.3) is 10.9 Å². The van der Waals surface area contributed by atoms with E-state index in [9.17, 15) is 9.59 Å². The van der Waals surface area contributed by atoms with Gasteiger partial charge in [-0.2, -0.15) is 0 Å². The number of carbonyl (C=O) groups excluding carboxylic acids is 1. The number of aryl methyl sites for hydroxylation is 3. The summed E-state index contributed by atoms with van der Waals surface area (Å²) in [6.45, 7) is 10.7. The van der Waals surface area contributed by atoms with E-state index in [1.165, 1.54) is 17.3 Å². The summed E-state index contributed by atoms with van der Waals surface area (Å²) < 4.78 is 1.67. The Balaban J connectivity index is 1.97. The molecule has 0 N–H and O–H groups in total. The molecule has 0 aliphatic heterocycles. The summed E-state index contributed by atoms with van der Waals surface area (Å²) in [6, 6.07) is 9.09. The van der Waals surface area contributed by atoms with Crippen LogP contribution in [0.1, 0.15) is 40.9 Å². The van der Waals surface area contributed by atoms with E-state index in [1.54, 1.807) is 22.8 Å². The van der Waals surface area contributed by atoms with Crippen LogP contribution in [-0.4, -0.2) is 21.1 Å². The SMILES string of the molecule is Cc1cc(C)c(C(=O)CSc2nc3cc(Cl)ccc3c(=O)n2CC(C)C)cc1C. The molecule has 6 heteroatoms. The fourth-order valence-corrected chi connectivity index (χ4v) is 4.34. The Morgan fingerprint density at radius 2 is 1.79 bits per heavy atom. The van der Waals surface area contributed by atoms with Crippen molar-refractivity contribution in [1.82, 2.24) is 9.55 Å². The largest absolute Gasteiger partial charge is 0.293 e. The van der Waals surface area contributed by atoms with E-state index in [4.69, 9.17) is 11.6 Å². The number of ketones is 1. The van der Waals surface area contributed by atoms with Gasteiger partial charge in [0.2, 0.25) is 0 Å². The van der Waals surface area contributed by atoms with Gasteiger partial charge in [0.05, 0.1) is 16.7 Å². The summed E-state index contributed by atoms with van der Waals surface area (Å²) in [7, 11) is 0.